The average Bonchev–Trinajstić information content (AvgIpc) is 2.84. The van der Waals surface area contributed by atoms with Gasteiger partial charge < -0.3 is 10.6 Å². The first kappa shape index (κ1) is 13.2. The topological polar surface area (TPSA) is 41.1 Å². The molecular formula is C13H17FN2OS. The molecule has 0 spiro atoms. The van der Waals surface area contributed by atoms with Crippen LogP contribution in [0.1, 0.15) is 23.7 Å². The van der Waals surface area contributed by atoms with Crippen molar-refractivity contribution < 1.29 is 9.18 Å². The molecule has 1 aromatic rings. The first-order valence-corrected chi connectivity index (χ1v) is 7.29. The van der Waals surface area contributed by atoms with Gasteiger partial charge in [-0.05, 0) is 31.2 Å². The van der Waals surface area contributed by atoms with Crippen LogP contribution < -0.4 is 10.6 Å². The third kappa shape index (κ3) is 2.96. The lowest BCUT2D eigenvalue weighted by Crippen LogP contribution is -2.35. The summed E-state index contributed by atoms with van der Waals surface area (Å²) < 4.78 is 13.7. The second kappa shape index (κ2) is 6.09. The quantitative estimate of drug-likeness (QED) is 0.881. The molecule has 0 saturated carbocycles. The van der Waals surface area contributed by atoms with Gasteiger partial charge >= 0.3 is 0 Å². The zero-order valence-corrected chi connectivity index (χ0v) is 11.1. The van der Waals surface area contributed by atoms with Crippen LogP contribution >= 0.6 is 11.8 Å². The summed E-state index contributed by atoms with van der Waals surface area (Å²) in [6.45, 7) is 2.46. The highest BCUT2D eigenvalue weighted by Gasteiger charge is 2.21. The number of anilines is 1. The predicted molar refractivity (Wildman–Crippen MR) is 73.8 cm³/mol. The monoisotopic (exact) mass is 268 g/mol. The van der Waals surface area contributed by atoms with Crippen molar-refractivity contribution >= 4 is 23.4 Å². The number of nitrogens with one attached hydrogen (secondary N) is 2. The largest absolute Gasteiger partial charge is 0.382 e. The summed E-state index contributed by atoms with van der Waals surface area (Å²) in [6.07, 6.45) is 0.988. The molecular weight excluding hydrogens is 251 g/mol. The van der Waals surface area contributed by atoms with Crippen molar-refractivity contribution in [2.75, 3.05) is 23.4 Å². The standard InChI is InChI=1S/C13H17FN2OS/c1-2-15-12-10(4-3-5-11(12)14)13(17)16-9-6-7-18-8-9/h3-5,9,15H,2,6-8H2,1H3,(H,16,17). The maximum absolute atomic E-state index is 13.7. The van der Waals surface area contributed by atoms with Crippen molar-refractivity contribution in [3.05, 3.63) is 29.6 Å². The van der Waals surface area contributed by atoms with Crippen molar-refractivity contribution in [1.29, 1.82) is 0 Å². The van der Waals surface area contributed by atoms with Gasteiger partial charge in [0.25, 0.3) is 5.91 Å². The predicted octanol–water partition coefficient (Wildman–Crippen LogP) is 2.49. The molecule has 98 valence electrons. The molecule has 0 aliphatic carbocycles. The number of hydrogen-bond donors (Lipinski definition) is 2. The second-order valence-electron chi connectivity index (χ2n) is 4.23. The molecule has 1 aromatic carbocycles. The Kier molecular flexibility index (Phi) is 4.47. The van der Waals surface area contributed by atoms with E-state index in [9.17, 15) is 9.18 Å². The highest BCUT2D eigenvalue weighted by molar-refractivity contribution is 7.99. The third-order valence-corrected chi connectivity index (χ3v) is 4.04. The van der Waals surface area contributed by atoms with Gasteiger partial charge in [0.2, 0.25) is 0 Å². The van der Waals surface area contributed by atoms with Crippen LogP contribution in [-0.4, -0.2) is 30.0 Å². The summed E-state index contributed by atoms with van der Waals surface area (Å²) in [6, 6.07) is 4.79. The molecule has 3 nitrogen and oxygen atoms in total. The van der Waals surface area contributed by atoms with Crippen LogP contribution in [0.15, 0.2) is 18.2 Å². The zero-order chi connectivity index (χ0) is 13.0. The molecule has 1 unspecified atom stereocenters. The van der Waals surface area contributed by atoms with Gasteiger partial charge in [-0.25, -0.2) is 4.39 Å². The number of carbonyl (C=O) groups is 1. The minimum Gasteiger partial charge on any atom is -0.382 e. The number of rotatable bonds is 4. The molecule has 1 heterocycles. The number of halogens is 1. The molecule has 1 amide bonds. The van der Waals surface area contributed by atoms with Crippen molar-refractivity contribution in [3.8, 4) is 0 Å². The van der Waals surface area contributed by atoms with Crippen molar-refractivity contribution in [1.82, 2.24) is 5.32 Å². The number of benzene rings is 1. The molecule has 0 radical (unpaired) electrons. The highest BCUT2D eigenvalue weighted by Crippen LogP contribution is 2.21. The Balaban J connectivity index is 2.15. The average molecular weight is 268 g/mol. The Morgan fingerprint density at radius 1 is 1.56 bits per heavy atom. The number of amides is 1. The van der Waals surface area contributed by atoms with Crippen molar-refractivity contribution in [2.45, 2.75) is 19.4 Å². The summed E-state index contributed by atoms with van der Waals surface area (Å²) in [7, 11) is 0. The van der Waals surface area contributed by atoms with E-state index in [1.807, 2.05) is 18.7 Å². The number of carbonyl (C=O) groups excluding carboxylic acids is 1. The normalized spacial score (nSPS) is 18.7. The van der Waals surface area contributed by atoms with Crippen molar-refractivity contribution in [2.24, 2.45) is 0 Å². The lowest BCUT2D eigenvalue weighted by atomic mass is 10.1. The Morgan fingerprint density at radius 2 is 2.39 bits per heavy atom. The van der Waals surface area contributed by atoms with Gasteiger partial charge in [0.15, 0.2) is 0 Å². The Bertz CT molecular complexity index is 433. The number of hydrogen-bond acceptors (Lipinski definition) is 3. The van der Waals surface area contributed by atoms with E-state index in [-0.39, 0.29) is 17.8 Å². The van der Waals surface area contributed by atoms with E-state index >= 15 is 0 Å². The summed E-state index contributed by atoms with van der Waals surface area (Å²) in [4.78, 5) is 12.1. The molecule has 5 heteroatoms. The fraction of sp³-hybridized carbons (Fsp3) is 0.462. The van der Waals surface area contributed by atoms with E-state index in [2.05, 4.69) is 10.6 Å². The van der Waals surface area contributed by atoms with Gasteiger partial charge in [-0.15, -0.1) is 0 Å². The molecule has 1 saturated heterocycles. The van der Waals surface area contributed by atoms with E-state index in [1.54, 1.807) is 12.1 Å². The van der Waals surface area contributed by atoms with Gasteiger partial charge in [-0.1, -0.05) is 6.07 Å². The van der Waals surface area contributed by atoms with E-state index in [1.165, 1.54) is 6.07 Å². The number of para-hydroxylation sites is 1. The fourth-order valence-electron chi connectivity index (χ4n) is 1.98. The fourth-order valence-corrected chi connectivity index (χ4v) is 3.13. The van der Waals surface area contributed by atoms with Crippen LogP contribution in [-0.2, 0) is 0 Å². The molecule has 1 aliphatic rings. The van der Waals surface area contributed by atoms with Gasteiger partial charge in [0, 0.05) is 18.3 Å². The van der Waals surface area contributed by atoms with Crippen LogP contribution in [0.2, 0.25) is 0 Å². The first-order chi connectivity index (χ1) is 8.72. The maximum atomic E-state index is 13.7. The van der Waals surface area contributed by atoms with Gasteiger partial charge in [-0.2, -0.15) is 11.8 Å². The maximum Gasteiger partial charge on any atom is 0.253 e. The van der Waals surface area contributed by atoms with E-state index in [0.29, 0.717) is 17.8 Å². The Labute approximate surface area is 111 Å². The lowest BCUT2D eigenvalue weighted by Gasteiger charge is -2.15. The molecule has 1 fully saturated rings. The minimum absolute atomic E-state index is 0.196. The Morgan fingerprint density at radius 3 is 3.06 bits per heavy atom. The Hall–Kier alpha value is -1.23. The van der Waals surface area contributed by atoms with Gasteiger partial charge in [0.1, 0.15) is 5.82 Å². The minimum atomic E-state index is -0.384. The second-order valence-corrected chi connectivity index (χ2v) is 5.38. The van der Waals surface area contributed by atoms with Gasteiger partial charge in [0.05, 0.1) is 11.3 Å². The summed E-state index contributed by atoms with van der Waals surface area (Å²) in [5.41, 5.74) is 0.678. The highest BCUT2D eigenvalue weighted by atomic mass is 32.2. The molecule has 1 aliphatic heterocycles. The molecule has 2 rings (SSSR count). The SMILES string of the molecule is CCNc1c(F)cccc1C(=O)NC1CCSC1. The molecule has 2 N–H and O–H groups in total. The lowest BCUT2D eigenvalue weighted by molar-refractivity contribution is 0.0941. The van der Waals surface area contributed by atoms with Crippen LogP contribution in [0.5, 0.6) is 0 Å². The summed E-state index contributed by atoms with van der Waals surface area (Å²) in [5, 5.41) is 5.86. The first-order valence-electron chi connectivity index (χ1n) is 6.13. The third-order valence-electron chi connectivity index (χ3n) is 2.88. The molecule has 0 aromatic heterocycles. The van der Waals surface area contributed by atoms with Crippen molar-refractivity contribution in [3.63, 3.8) is 0 Å². The molecule has 1 atom stereocenters. The van der Waals surface area contributed by atoms with E-state index < -0.39 is 0 Å². The smallest absolute Gasteiger partial charge is 0.253 e. The van der Waals surface area contributed by atoms with Crippen LogP contribution in [0.4, 0.5) is 10.1 Å². The molecule has 0 bridgehead atoms. The summed E-state index contributed by atoms with van der Waals surface area (Å²) >= 11 is 1.83. The summed E-state index contributed by atoms with van der Waals surface area (Å²) in [5.74, 6) is 1.44. The molecule has 18 heavy (non-hydrogen) atoms. The van der Waals surface area contributed by atoms with Gasteiger partial charge in [-0.3, -0.25) is 4.79 Å². The van der Waals surface area contributed by atoms with Crippen LogP contribution in [0.25, 0.3) is 0 Å². The number of thioether (sulfide) groups is 1. The van der Waals surface area contributed by atoms with E-state index in [4.69, 9.17) is 0 Å². The zero-order valence-electron chi connectivity index (χ0n) is 10.3. The van der Waals surface area contributed by atoms with E-state index in [0.717, 1.165) is 17.9 Å². The van der Waals surface area contributed by atoms with Crippen LogP contribution in [0.3, 0.4) is 0 Å². The van der Waals surface area contributed by atoms with Crippen LogP contribution in [0, 0.1) is 5.82 Å².